The van der Waals surface area contributed by atoms with Crippen LogP contribution >= 0.6 is 11.3 Å². The Morgan fingerprint density at radius 3 is 2.52 bits per heavy atom. The highest BCUT2D eigenvalue weighted by Crippen LogP contribution is 2.32. The maximum Gasteiger partial charge on any atom is 0.348 e. The van der Waals surface area contributed by atoms with Crippen molar-refractivity contribution in [1.82, 2.24) is 19.9 Å². The van der Waals surface area contributed by atoms with E-state index in [0.29, 0.717) is 28.0 Å². The average molecular weight is 375 g/mol. The molecular weight excluding hydrogens is 362 g/mol. The number of anilines is 2. The van der Waals surface area contributed by atoms with E-state index in [1.165, 1.54) is 0 Å². The van der Waals surface area contributed by atoms with E-state index in [1.54, 1.807) is 18.6 Å². The molecule has 0 atom stereocenters. The number of aromatic carboxylic acids is 1. The molecule has 0 fully saturated rings. The number of carboxylic acid groups (broad SMARTS) is 1. The predicted molar refractivity (Wildman–Crippen MR) is 103 cm³/mol. The number of thiazole rings is 1. The van der Waals surface area contributed by atoms with Crippen molar-refractivity contribution in [2.75, 3.05) is 5.32 Å². The highest BCUT2D eigenvalue weighted by atomic mass is 32.1. The van der Waals surface area contributed by atoms with Gasteiger partial charge in [0, 0.05) is 11.8 Å². The monoisotopic (exact) mass is 375 g/mol. The summed E-state index contributed by atoms with van der Waals surface area (Å²) in [7, 11) is 0. The SMILES string of the molecule is O=C(O)c1sc(Nc2cncc(-c3ccccn3)n2)nc1-c1ccccc1. The van der Waals surface area contributed by atoms with E-state index in [2.05, 4.69) is 25.3 Å². The molecule has 0 radical (unpaired) electrons. The minimum atomic E-state index is -1.02. The molecule has 0 aliphatic rings. The lowest BCUT2D eigenvalue weighted by Crippen LogP contribution is -1.96. The number of nitrogens with zero attached hydrogens (tertiary/aromatic N) is 4. The van der Waals surface area contributed by atoms with Crippen LogP contribution in [0.5, 0.6) is 0 Å². The van der Waals surface area contributed by atoms with Gasteiger partial charge >= 0.3 is 5.97 Å². The molecular formula is C19H13N5O2S. The molecule has 0 aliphatic carbocycles. The summed E-state index contributed by atoms with van der Waals surface area (Å²) >= 11 is 1.05. The molecule has 0 aliphatic heterocycles. The third-order valence-corrected chi connectivity index (χ3v) is 4.62. The quantitative estimate of drug-likeness (QED) is 0.541. The molecule has 0 unspecified atom stereocenters. The van der Waals surface area contributed by atoms with Crippen molar-refractivity contribution in [3.05, 3.63) is 72.0 Å². The van der Waals surface area contributed by atoms with Crippen molar-refractivity contribution in [3.8, 4) is 22.6 Å². The molecule has 7 nitrogen and oxygen atoms in total. The lowest BCUT2D eigenvalue weighted by molar-refractivity contribution is 0.0702. The lowest BCUT2D eigenvalue weighted by atomic mass is 10.1. The molecule has 4 rings (SSSR count). The smallest absolute Gasteiger partial charge is 0.348 e. The molecule has 0 saturated heterocycles. The maximum atomic E-state index is 11.6. The van der Waals surface area contributed by atoms with Crippen molar-refractivity contribution in [1.29, 1.82) is 0 Å². The molecule has 8 heteroatoms. The first-order chi connectivity index (χ1) is 13.2. The van der Waals surface area contributed by atoms with Crippen molar-refractivity contribution >= 4 is 28.3 Å². The summed E-state index contributed by atoms with van der Waals surface area (Å²) in [5.41, 5.74) is 2.47. The molecule has 27 heavy (non-hydrogen) atoms. The second-order valence-corrected chi connectivity index (χ2v) is 6.50. The summed E-state index contributed by atoms with van der Waals surface area (Å²) in [6.07, 6.45) is 4.85. The summed E-state index contributed by atoms with van der Waals surface area (Å²) < 4.78 is 0. The van der Waals surface area contributed by atoms with E-state index in [-0.39, 0.29) is 4.88 Å². The fraction of sp³-hybridized carbons (Fsp3) is 0. The minimum Gasteiger partial charge on any atom is -0.477 e. The third-order valence-electron chi connectivity index (χ3n) is 3.67. The Labute approximate surface area is 158 Å². The van der Waals surface area contributed by atoms with Gasteiger partial charge in [-0.3, -0.25) is 9.97 Å². The zero-order chi connectivity index (χ0) is 18.6. The number of hydrogen-bond acceptors (Lipinski definition) is 7. The number of benzene rings is 1. The first kappa shape index (κ1) is 16.8. The van der Waals surface area contributed by atoms with Crippen LogP contribution in [0.2, 0.25) is 0 Å². The van der Waals surface area contributed by atoms with Crippen LogP contribution < -0.4 is 5.32 Å². The van der Waals surface area contributed by atoms with Crippen LogP contribution in [0.4, 0.5) is 10.9 Å². The number of aromatic nitrogens is 4. The molecule has 0 bridgehead atoms. The fourth-order valence-electron chi connectivity index (χ4n) is 2.48. The van der Waals surface area contributed by atoms with E-state index in [1.807, 2.05) is 48.5 Å². The van der Waals surface area contributed by atoms with Gasteiger partial charge in [0.15, 0.2) is 10.9 Å². The van der Waals surface area contributed by atoms with Crippen LogP contribution in [0, 0.1) is 0 Å². The standard InChI is InChI=1S/C19H13N5O2S/c25-18(26)17-16(12-6-2-1-3-7-12)24-19(27-17)23-15-11-20-10-14(22-15)13-8-4-5-9-21-13/h1-11H,(H,25,26)(H,22,23,24). The van der Waals surface area contributed by atoms with Crippen LogP contribution in [0.25, 0.3) is 22.6 Å². The van der Waals surface area contributed by atoms with Gasteiger partial charge in [0.25, 0.3) is 0 Å². The Morgan fingerprint density at radius 1 is 0.963 bits per heavy atom. The summed E-state index contributed by atoms with van der Waals surface area (Å²) in [5.74, 6) is -0.559. The van der Waals surface area contributed by atoms with Crippen molar-refractivity contribution in [3.63, 3.8) is 0 Å². The summed E-state index contributed by atoms with van der Waals surface area (Å²) in [4.78, 5) is 29.1. The molecule has 4 aromatic rings. The lowest BCUT2D eigenvalue weighted by Gasteiger charge is -2.04. The number of hydrogen-bond donors (Lipinski definition) is 2. The number of carboxylic acids is 1. The first-order valence-corrected chi connectivity index (χ1v) is 8.82. The normalized spacial score (nSPS) is 10.5. The second kappa shape index (κ2) is 7.30. The maximum absolute atomic E-state index is 11.6. The van der Waals surface area contributed by atoms with Gasteiger partial charge < -0.3 is 10.4 Å². The van der Waals surface area contributed by atoms with E-state index in [0.717, 1.165) is 16.9 Å². The summed E-state index contributed by atoms with van der Waals surface area (Å²) in [6.45, 7) is 0. The highest BCUT2D eigenvalue weighted by Gasteiger charge is 2.19. The van der Waals surface area contributed by atoms with Gasteiger partial charge in [0.2, 0.25) is 0 Å². The molecule has 0 amide bonds. The van der Waals surface area contributed by atoms with Gasteiger partial charge in [0.05, 0.1) is 23.8 Å². The first-order valence-electron chi connectivity index (χ1n) is 8.01. The van der Waals surface area contributed by atoms with E-state index in [4.69, 9.17) is 0 Å². The molecule has 0 saturated carbocycles. The van der Waals surface area contributed by atoms with Crippen LogP contribution in [0.3, 0.4) is 0 Å². The number of pyridine rings is 1. The van der Waals surface area contributed by atoms with Crippen LogP contribution in [-0.2, 0) is 0 Å². The van der Waals surface area contributed by atoms with Gasteiger partial charge in [-0.2, -0.15) is 0 Å². The minimum absolute atomic E-state index is 0.164. The van der Waals surface area contributed by atoms with E-state index < -0.39 is 5.97 Å². The zero-order valence-corrected chi connectivity index (χ0v) is 14.7. The van der Waals surface area contributed by atoms with E-state index in [9.17, 15) is 9.90 Å². The average Bonchev–Trinajstić information content (AvgIpc) is 3.14. The Kier molecular flexibility index (Phi) is 4.54. The molecule has 0 spiro atoms. The summed E-state index contributed by atoms with van der Waals surface area (Å²) in [5, 5.41) is 13.0. The molecule has 3 heterocycles. The molecule has 2 N–H and O–H groups in total. The Bertz CT molecular complexity index is 1080. The van der Waals surface area contributed by atoms with Crippen molar-refractivity contribution in [2.45, 2.75) is 0 Å². The Hall–Kier alpha value is -3.65. The third kappa shape index (κ3) is 3.65. The molecule has 1 aromatic carbocycles. The van der Waals surface area contributed by atoms with Gasteiger partial charge in [-0.15, -0.1) is 0 Å². The fourth-order valence-corrected chi connectivity index (χ4v) is 3.32. The molecule has 132 valence electrons. The van der Waals surface area contributed by atoms with Crippen LogP contribution in [0.15, 0.2) is 67.1 Å². The number of carbonyl (C=O) groups is 1. The van der Waals surface area contributed by atoms with E-state index >= 15 is 0 Å². The zero-order valence-electron chi connectivity index (χ0n) is 13.9. The number of rotatable bonds is 5. The predicted octanol–water partition coefficient (Wildman–Crippen LogP) is 4.10. The topological polar surface area (TPSA) is 101 Å². The van der Waals surface area contributed by atoms with Crippen LogP contribution in [0.1, 0.15) is 9.67 Å². The van der Waals surface area contributed by atoms with Gasteiger partial charge in [0.1, 0.15) is 10.6 Å². The highest BCUT2D eigenvalue weighted by molar-refractivity contribution is 7.17. The Morgan fingerprint density at radius 2 is 1.78 bits per heavy atom. The van der Waals surface area contributed by atoms with Crippen molar-refractivity contribution < 1.29 is 9.90 Å². The van der Waals surface area contributed by atoms with Gasteiger partial charge in [-0.25, -0.2) is 14.8 Å². The van der Waals surface area contributed by atoms with Crippen molar-refractivity contribution in [2.24, 2.45) is 0 Å². The largest absolute Gasteiger partial charge is 0.477 e. The second-order valence-electron chi connectivity index (χ2n) is 5.50. The van der Waals surface area contributed by atoms with Gasteiger partial charge in [-0.1, -0.05) is 47.7 Å². The summed E-state index contributed by atoms with van der Waals surface area (Å²) in [6, 6.07) is 14.7. The number of nitrogens with one attached hydrogen (secondary N) is 1. The van der Waals surface area contributed by atoms with Crippen LogP contribution in [-0.4, -0.2) is 31.0 Å². The molecule has 3 aromatic heterocycles. The van der Waals surface area contributed by atoms with Gasteiger partial charge in [-0.05, 0) is 12.1 Å². The Balaban J connectivity index is 1.67.